The molecular weight excluding hydrogens is 771 g/mol. The maximum atomic E-state index is 5.29. The smallest absolute Gasteiger partial charge is 0.164 e. The molecule has 0 N–H and O–H groups in total. The summed E-state index contributed by atoms with van der Waals surface area (Å²) in [4.78, 5) is 15.6. The van der Waals surface area contributed by atoms with Crippen LogP contribution in [0, 0.1) is 0 Å². The van der Waals surface area contributed by atoms with Crippen LogP contribution in [0.15, 0.2) is 212 Å². The summed E-state index contributed by atoms with van der Waals surface area (Å²) >= 11 is 1.84. The molecule has 0 amide bonds. The minimum atomic E-state index is -0.461. The summed E-state index contributed by atoms with van der Waals surface area (Å²) in [5, 5.41) is 2.56. The second-order valence-corrected chi connectivity index (χ2v) is 17.3. The van der Waals surface area contributed by atoms with E-state index in [1.807, 2.05) is 29.5 Å². The Balaban J connectivity index is 0.990. The molecule has 0 fully saturated rings. The quantitative estimate of drug-likeness (QED) is 0.174. The van der Waals surface area contributed by atoms with Crippen molar-refractivity contribution in [2.24, 2.45) is 0 Å². The molecule has 0 saturated carbocycles. The van der Waals surface area contributed by atoms with Crippen molar-refractivity contribution >= 4 is 31.5 Å². The Labute approximate surface area is 363 Å². The fourth-order valence-corrected chi connectivity index (χ4v) is 11.5. The molecule has 62 heavy (non-hydrogen) atoms. The lowest BCUT2D eigenvalue weighted by molar-refractivity contribution is 0.796. The van der Waals surface area contributed by atoms with E-state index >= 15 is 0 Å². The first-order chi connectivity index (χ1) is 30.7. The Morgan fingerprint density at radius 3 is 1.39 bits per heavy atom. The first kappa shape index (κ1) is 35.0. The monoisotopic (exact) mass is 805 g/mol. The van der Waals surface area contributed by atoms with Crippen LogP contribution in [-0.2, 0) is 5.41 Å². The van der Waals surface area contributed by atoms with Crippen LogP contribution in [0.2, 0.25) is 0 Å². The summed E-state index contributed by atoms with van der Waals surface area (Å²) < 4.78 is 2.57. The predicted molar refractivity (Wildman–Crippen MR) is 256 cm³/mol. The number of thiophene rings is 1. The van der Waals surface area contributed by atoms with Crippen molar-refractivity contribution in [1.29, 1.82) is 0 Å². The second kappa shape index (κ2) is 13.6. The van der Waals surface area contributed by atoms with Crippen LogP contribution < -0.4 is 0 Å². The van der Waals surface area contributed by atoms with Crippen molar-refractivity contribution in [2.45, 2.75) is 5.41 Å². The lowest BCUT2D eigenvalue weighted by Crippen LogP contribution is -2.26. The average Bonchev–Trinajstić information content (AvgIpc) is 3.99. The Hall–Kier alpha value is -7.79. The predicted octanol–water partition coefficient (Wildman–Crippen LogP) is 14.9. The summed E-state index contributed by atoms with van der Waals surface area (Å²) in [6, 6.07) is 76.8. The van der Waals surface area contributed by atoms with Crippen molar-refractivity contribution in [3.63, 3.8) is 0 Å². The van der Waals surface area contributed by atoms with Gasteiger partial charge >= 0.3 is 0 Å². The molecule has 2 aliphatic rings. The molecule has 2 heterocycles. The SMILES string of the molecule is c1ccc(-c2nc(-c3cccc(-c4cccc5c4C4(c6ccccc6-c6ccccc64)c4ccccc4-5)c3)nc(-c3cccc(-c4cccc5sc6ccccc6c45)c3)n2)cc1. The molecule has 13 rings (SSSR count). The lowest BCUT2D eigenvalue weighted by Gasteiger charge is -2.32. The third kappa shape index (κ3) is 5.08. The van der Waals surface area contributed by atoms with E-state index in [0.29, 0.717) is 17.5 Å². The normalized spacial score (nSPS) is 13.0. The molecule has 2 aliphatic carbocycles. The number of aromatic nitrogens is 3. The van der Waals surface area contributed by atoms with Crippen molar-refractivity contribution in [3.8, 4) is 78.7 Å². The van der Waals surface area contributed by atoms with Crippen LogP contribution in [0.25, 0.3) is 98.8 Å². The first-order valence-electron chi connectivity index (χ1n) is 21.1. The molecule has 288 valence electrons. The van der Waals surface area contributed by atoms with Crippen LogP contribution in [-0.4, -0.2) is 15.0 Å². The average molecular weight is 806 g/mol. The van der Waals surface area contributed by atoms with Gasteiger partial charge in [-0.25, -0.2) is 15.0 Å². The molecule has 0 atom stereocenters. The van der Waals surface area contributed by atoms with Crippen LogP contribution in [0.1, 0.15) is 22.3 Å². The molecule has 0 radical (unpaired) electrons. The highest BCUT2D eigenvalue weighted by molar-refractivity contribution is 7.25. The molecule has 2 aromatic heterocycles. The highest BCUT2D eigenvalue weighted by Crippen LogP contribution is 2.64. The molecule has 0 saturated heterocycles. The largest absolute Gasteiger partial charge is 0.208 e. The van der Waals surface area contributed by atoms with E-state index in [1.54, 1.807) is 0 Å². The molecule has 4 heteroatoms. The van der Waals surface area contributed by atoms with Gasteiger partial charge in [-0.1, -0.05) is 188 Å². The van der Waals surface area contributed by atoms with Crippen LogP contribution in [0.5, 0.6) is 0 Å². The summed E-state index contributed by atoms with van der Waals surface area (Å²) in [5.41, 5.74) is 17.5. The number of rotatable bonds is 5. The number of nitrogens with zero attached hydrogens (tertiary/aromatic N) is 3. The number of fused-ring (bicyclic) bond motifs is 13. The molecule has 9 aromatic carbocycles. The van der Waals surface area contributed by atoms with Gasteiger partial charge in [0.1, 0.15) is 0 Å². The first-order valence-corrected chi connectivity index (χ1v) is 21.9. The number of benzene rings is 9. The van der Waals surface area contributed by atoms with E-state index in [0.717, 1.165) is 27.8 Å². The van der Waals surface area contributed by atoms with E-state index in [1.165, 1.54) is 75.8 Å². The van der Waals surface area contributed by atoms with Crippen molar-refractivity contribution in [2.75, 3.05) is 0 Å². The highest BCUT2D eigenvalue weighted by atomic mass is 32.1. The Kier molecular flexibility index (Phi) is 7.69. The molecular formula is C58H35N3S. The summed E-state index contributed by atoms with van der Waals surface area (Å²) in [6.45, 7) is 0. The van der Waals surface area contributed by atoms with Gasteiger partial charge in [0, 0.05) is 36.9 Å². The van der Waals surface area contributed by atoms with E-state index in [2.05, 4.69) is 194 Å². The van der Waals surface area contributed by atoms with Crippen molar-refractivity contribution < 1.29 is 0 Å². The molecule has 0 aliphatic heterocycles. The summed E-state index contributed by atoms with van der Waals surface area (Å²) in [6.07, 6.45) is 0. The van der Waals surface area contributed by atoms with Gasteiger partial charge in [-0.05, 0) is 91.0 Å². The van der Waals surface area contributed by atoms with Crippen molar-refractivity contribution in [3.05, 3.63) is 235 Å². The zero-order valence-corrected chi connectivity index (χ0v) is 34.3. The highest BCUT2D eigenvalue weighted by Gasteiger charge is 2.52. The third-order valence-electron chi connectivity index (χ3n) is 12.9. The number of hydrogen-bond donors (Lipinski definition) is 0. The fourth-order valence-electron chi connectivity index (χ4n) is 10.4. The van der Waals surface area contributed by atoms with E-state index in [4.69, 9.17) is 15.0 Å². The standard InChI is InChI=1S/C58H35N3S/c1-2-16-36(17-3-1)55-59-56(39-20-12-18-37(34-39)41-26-15-33-52-53(41)47-25-7-11-32-51(47)62-52)61-57(60-55)40-21-13-19-38(35-40)42-27-14-28-46-45-24-6-10-31-50(45)58(54(42)46)48-29-8-4-22-43(48)44-23-5-9-30-49(44)58/h1-35H. The van der Waals surface area contributed by atoms with Crippen LogP contribution in [0.4, 0.5) is 0 Å². The van der Waals surface area contributed by atoms with Gasteiger partial charge in [0.15, 0.2) is 17.5 Å². The van der Waals surface area contributed by atoms with Gasteiger partial charge in [0.2, 0.25) is 0 Å². The van der Waals surface area contributed by atoms with Gasteiger partial charge in [0.05, 0.1) is 5.41 Å². The van der Waals surface area contributed by atoms with Gasteiger partial charge in [-0.15, -0.1) is 11.3 Å². The van der Waals surface area contributed by atoms with Crippen molar-refractivity contribution in [1.82, 2.24) is 15.0 Å². The minimum absolute atomic E-state index is 0.461. The maximum Gasteiger partial charge on any atom is 0.164 e. The third-order valence-corrected chi connectivity index (χ3v) is 14.1. The van der Waals surface area contributed by atoms with Crippen LogP contribution >= 0.6 is 11.3 Å². The van der Waals surface area contributed by atoms with E-state index in [9.17, 15) is 0 Å². The Bertz CT molecular complexity index is 3540. The van der Waals surface area contributed by atoms with Gasteiger partial charge in [0.25, 0.3) is 0 Å². The fraction of sp³-hybridized carbons (Fsp3) is 0.0172. The van der Waals surface area contributed by atoms with E-state index in [-0.39, 0.29) is 0 Å². The zero-order valence-electron chi connectivity index (χ0n) is 33.5. The van der Waals surface area contributed by atoms with Gasteiger partial charge < -0.3 is 0 Å². The van der Waals surface area contributed by atoms with Gasteiger partial charge in [-0.3, -0.25) is 0 Å². The zero-order chi connectivity index (χ0) is 40.8. The Morgan fingerprint density at radius 1 is 0.306 bits per heavy atom. The molecule has 1 spiro atoms. The topological polar surface area (TPSA) is 38.7 Å². The molecule has 0 bridgehead atoms. The van der Waals surface area contributed by atoms with E-state index < -0.39 is 5.41 Å². The molecule has 0 unspecified atom stereocenters. The summed E-state index contributed by atoms with van der Waals surface area (Å²) in [7, 11) is 0. The maximum absolute atomic E-state index is 5.29. The molecule has 3 nitrogen and oxygen atoms in total. The number of hydrogen-bond acceptors (Lipinski definition) is 4. The summed E-state index contributed by atoms with van der Waals surface area (Å²) in [5.74, 6) is 1.91. The molecule has 11 aromatic rings. The lowest BCUT2D eigenvalue weighted by atomic mass is 9.68. The Morgan fingerprint density at radius 2 is 0.726 bits per heavy atom. The minimum Gasteiger partial charge on any atom is -0.208 e. The second-order valence-electron chi connectivity index (χ2n) is 16.2. The van der Waals surface area contributed by atoms with Gasteiger partial charge in [-0.2, -0.15) is 0 Å². The van der Waals surface area contributed by atoms with Crippen LogP contribution in [0.3, 0.4) is 0 Å².